The van der Waals surface area contributed by atoms with Crippen molar-refractivity contribution in [3.8, 4) is 0 Å². The van der Waals surface area contributed by atoms with Gasteiger partial charge in [0.15, 0.2) is 0 Å². The van der Waals surface area contributed by atoms with Gasteiger partial charge in [0.25, 0.3) is 0 Å². The summed E-state index contributed by atoms with van der Waals surface area (Å²) in [5.41, 5.74) is 7.87. The van der Waals surface area contributed by atoms with Crippen molar-refractivity contribution in [2.45, 2.75) is 31.8 Å². The standard InChI is InChI=1S/C12H16N2O/c1-2-11(15)14-12(13)8-7-9-5-3-4-6-10(9)12/h3-6H,2,7-8,13H2,1H3,(H,14,15). The molecule has 1 atom stereocenters. The van der Waals surface area contributed by atoms with Crippen LogP contribution in [0.3, 0.4) is 0 Å². The highest BCUT2D eigenvalue weighted by Gasteiger charge is 2.35. The molecule has 0 aromatic heterocycles. The SMILES string of the molecule is CCC(=O)NC1(N)CCc2ccccc21. The van der Waals surface area contributed by atoms with Crippen molar-refractivity contribution in [1.29, 1.82) is 0 Å². The molecule has 80 valence electrons. The maximum absolute atomic E-state index is 11.4. The van der Waals surface area contributed by atoms with Crippen molar-refractivity contribution in [3.05, 3.63) is 35.4 Å². The van der Waals surface area contributed by atoms with Crippen LogP contribution in [0.15, 0.2) is 24.3 Å². The highest BCUT2D eigenvalue weighted by molar-refractivity contribution is 5.76. The van der Waals surface area contributed by atoms with Crippen molar-refractivity contribution < 1.29 is 4.79 Å². The summed E-state index contributed by atoms with van der Waals surface area (Å²) in [5, 5.41) is 2.90. The van der Waals surface area contributed by atoms with Crippen molar-refractivity contribution in [3.63, 3.8) is 0 Å². The number of nitrogens with two attached hydrogens (primary N) is 1. The summed E-state index contributed by atoms with van der Waals surface area (Å²) >= 11 is 0. The van der Waals surface area contributed by atoms with Gasteiger partial charge in [0.2, 0.25) is 5.91 Å². The molecule has 2 rings (SSSR count). The predicted octanol–water partition coefficient (Wildman–Crippen LogP) is 1.27. The molecule has 0 spiro atoms. The van der Waals surface area contributed by atoms with Crippen LogP contribution >= 0.6 is 0 Å². The van der Waals surface area contributed by atoms with Gasteiger partial charge in [-0.05, 0) is 24.0 Å². The zero-order chi connectivity index (χ0) is 10.9. The molecule has 0 fully saturated rings. The summed E-state index contributed by atoms with van der Waals surface area (Å²) in [4.78, 5) is 11.4. The molecular formula is C12H16N2O. The van der Waals surface area contributed by atoms with E-state index in [1.807, 2.05) is 25.1 Å². The molecule has 15 heavy (non-hydrogen) atoms. The number of amides is 1. The Morgan fingerprint density at radius 1 is 1.53 bits per heavy atom. The first-order chi connectivity index (χ1) is 7.15. The van der Waals surface area contributed by atoms with E-state index in [1.54, 1.807) is 0 Å². The molecule has 0 bridgehead atoms. The zero-order valence-electron chi connectivity index (χ0n) is 8.92. The summed E-state index contributed by atoms with van der Waals surface area (Å²) in [6.07, 6.45) is 2.20. The van der Waals surface area contributed by atoms with Crippen LogP contribution in [0, 0.1) is 0 Å². The van der Waals surface area contributed by atoms with E-state index in [2.05, 4.69) is 11.4 Å². The van der Waals surface area contributed by atoms with Crippen molar-refractivity contribution >= 4 is 5.91 Å². The quantitative estimate of drug-likeness (QED) is 0.713. The van der Waals surface area contributed by atoms with Gasteiger partial charge in [0.1, 0.15) is 5.66 Å². The van der Waals surface area contributed by atoms with Crippen LogP contribution in [0.25, 0.3) is 0 Å². The minimum absolute atomic E-state index is 0.00852. The normalized spacial score (nSPS) is 23.6. The van der Waals surface area contributed by atoms with Crippen LogP contribution < -0.4 is 11.1 Å². The lowest BCUT2D eigenvalue weighted by molar-refractivity contribution is -0.122. The molecule has 1 aliphatic rings. The highest BCUT2D eigenvalue weighted by Crippen LogP contribution is 2.32. The predicted molar refractivity (Wildman–Crippen MR) is 59.1 cm³/mol. The average Bonchev–Trinajstić information content (AvgIpc) is 2.57. The average molecular weight is 204 g/mol. The number of fused-ring (bicyclic) bond motifs is 1. The Morgan fingerprint density at radius 2 is 2.27 bits per heavy atom. The van der Waals surface area contributed by atoms with Gasteiger partial charge in [-0.1, -0.05) is 31.2 Å². The number of nitrogens with one attached hydrogen (secondary N) is 1. The smallest absolute Gasteiger partial charge is 0.221 e. The summed E-state index contributed by atoms with van der Waals surface area (Å²) < 4.78 is 0. The number of carbonyl (C=O) groups is 1. The van der Waals surface area contributed by atoms with E-state index in [-0.39, 0.29) is 5.91 Å². The second-order valence-corrected chi connectivity index (χ2v) is 4.03. The molecule has 0 saturated heterocycles. The first-order valence-electron chi connectivity index (χ1n) is 5.34. The van der Waals surface area contributed by atoms with E-state index in [4.69, 9.17) is 5.73 Å². The number of carbonyl (C=O) groups excluding carboxylic acids is 1. The summed E-state index contributed by atoms with van der Waals surface area (Å²) in [6.45, 7) is 1.83. The second kappa shape index (κ2) is 3.66. The summed E-state index contributed by atoms with van der Waals surface area (Å²) in [7, 11) is 0. The molecule has 0 aliphatic heterocycles. The second-order valence-electron chi connectivity index (χ2n) is 4.03. The van der Waals surface area contributed by atoms with Crippen molar-refractivity contribution in [1.82, 2.24) is 5.32 Å². The molecule has 0 saturated carbocycles. The van der Waals surface area contributed by atoms with Gasteiger partial charge in [-0.15, -0.1) is 0 Å². The van der Waals surface area contributed by atoms with Crippen LogP contribution in [0.5, 0.6) is 0 Å². The number of aryl methyl sites for hydroxylation is 1. The highest BCUT2D eigenvalue weighted by atomic mass is 16.1. The molecule has 0 radical (unpaired) electrons. The van der Waals surface area contributed by atoms with Crippen LogP contribution in [-0.4, -0.2) is 5.91 Å². The summed E-state index contributed by atoms with van der Waals surface area (Å²) in [6, 6.07) is 8.04. The molecular weight excluding hydrogens is 188 g/mol. The molecule has 1 unspecified atom stereocenters. The molecule has 3 nitrogen and oxygen atoms in total. The molecule has 3 N–H and O–H groups in total. The first-order valence-corrected chi connectivity index (χ1v) is 5.34. The molecule has 1 aromatic rings. The van der Waals surface area contributed by atoms with Gasteiger partial charge in [0, 0.05) is 6.42 Å². The van der Waals surface area contributed by atoms with Crippen molar-refractivity contribution in [2.24, 2.45) is 5.73 Å². The fraction of sp³-hybridized carbons (Fsp3) is 0.417. The Kier molecular flexibility index (Phi) is 2.49. The fourth-order valence-electron chi connectivity index (χ4n) is 2.11. The first kappa shape index (κ1) is 10.2. The number of hydrogen-bond donors (Lipinski definition) is 2. The zero-order valence-corrected chi connectivity index (χ0v) is 8.92. The lowest BCUT2D eigenvalue weighted by atomic mass is 10.0. The van der Waals surface area contributed by atoms with Gasteiger partial charge < -0.3 is 11.1 Å². The van der Waals surface area contributed by atoms with E-state index in [0.717, 1.165) is 18.4 Å². The third-order valence-electron chi connectivity index (χ3n) is 2.97. The number of rotatable bonds is 2. The number of benzene rings is 1. The van der Waals surface area contributed by atoms with E-state index in [0.29, 0.717) is 6.42 Å². The number of hydrogen-bond acceptors (Lipinski definition) is 2. The molecule has 0 heterocycles. The van der Waals surface area contributed by atoms with Crippen molar-refractivity contribution in [2.75, 3.05) is 0 Å². The van der Waals surface area contributed by atoms with Crippen LogP contribution in [0.1, 0.15) is 30.9 Å². The lowest BCUT2D eigenvalue weighted by Crippen LogP contribution is -2.51. The largest absolute Gasteiger partial charge is 0.334 e. The Hall–Kier alpha value is -1.35. The minimum Gasteiger partial charge on any atom is -0.334 e. The van der Waals surface area contributed by atoms with E-state index >= 15 is 0 Å². The Morgan fingerprint density at radius 3 is 3.00 bits per heavy atom. The maximum Gasteiger partial charge on any atom is 0.221 e. The third kappa shape index (κ3) is 1.75. The Labute approximate surface area is 89.7 Å². The van der Waals surface area contributed by atoms with Gasteiger partial charge in [0.05, 0.1) is 0 Å². The van der Waals surface area contributed by atoms with Crippen LogP contribution in [0.4, 0.5) is 0 Å². The van der Waals surface area contributed by atoms with Gasteiger partial charge in [-0.2, -0.15) is 0 Å². The third-order valence-corrected chi connectivity index (χ3v) is 2.97. The molecule has 1 aromatic carbocycles. The van der Waals surface area contributed by atoms with Gasteiger partial charge in [-0.3, -0.25) is 4.79 Å². The molecule has 1 amide bonds. The van der Waals surface area contributed by atoms with E-state index < -0.39 is 5.66 Å². The Balaban J connectivity index is 2.28. The summed E-state index contributed by atoms with van der Waals surface area (Å²) in [5.74, 6) is 0.00852. The lowest BCUT2D eigenvalue weighted by Gasteiger charge is -2.26. The molecule has 1 aliphatic carbocycles. The van der Waals surface area contributed by atoms with Gasteiger partial charge >= 0.3 is 0 Å². The monoisotopic (exact) mass is 204 g/mol. The maximum atomic E-state index is 11.4. The molecule has 3 heteroatoms. The van der Waals surface area contributed by atoms with Gasteiger partial charge in [-0.25, -0.2) is 0 Å². The minimum atomic E-state index is -0.649. The topological polar surface area (TPSA) is 55.1 Å². The van der Waals surface area contributed by atoms with Crippen LogP contribution in [0.2, 0.25) is 0 Å². The Bertz CT molecular complexity index is 389. The fourth-order valence-corrected chi connectivity index (χ4v) is 2.11. The van der Waals surface area contributed by atoms with E-state index in [1.165, 1.54) is 5.56 Å². The van der Waals surface area contributed by atoms with Crippen LogP contribution in [-0.2, 0) is 16.9 Å². The van der Waals surface area contributed by atoms with E-state index in [9.17, 15) is 4.79 Å².